The Morgan fingerprint density at radius 2 is 2.20 bits per heavy atom. The van der Waals surface area contributed by atoms with Crippen LogP contribution in [0.4, 0.5) is 0 Å². The van der Waals surface area contributed by atoms with Crippen LogP contribution in [0.2, 0.25) is 0 Å². The molecule has 1 aromatic rings. The van der Waals surface area contributed by atoms with Gasteiger partial charge in [0.2, 0.25) is 0 Å². The highest BCUT2D eigenvalue weighted by Crippen LogP contribution is 2.11. The topological polar surface area (TPSA) is 14.1 Å². The number of hydrogen-bond acceptors (Lipinski definition) is 0. The standard InChI is InChI=1S/C9H7N/c1-2-4-9-7-10-6-5-8(9)3-1/h1-4,6H,7H2. The van der Waals surface area contributed by atoms with Gasteiger partial charge in [-0.3, -0.25) is 5.32 Å². The lowest BCUT2D eigenvalue weighted by Gasteiger charge is -2.07. The van der Waals surface area contributed by atoms with E-state index in [1.165, 1.54) is 11.1 Å². The van der Waals surface area contributed by atoms with Crippen LogP contribution in [0.1, 0.15) is 11.1 Å². The van der Waals surface area contributed by atoms with E-state index in [-0.39, 0.29) is 0 Å². The maximum absolute atomic E-state index is 4.08. The predicted octanol–water partition coefficient (Wildman–Crippen LogP) is 1.47. The van der Waals surface area contributed by atoms with Crippen molar-refractivity contribution in [1.82, 2.24) is 5.32 Å². The Bertz CT molecular complexity index is 263. The molecule has 10 heavy (non-hydrogen) atoms. The first kappa shape index (κ1) is 5.54. The minimum absolute atomic E-state index is 0.809. The van der Waals surface area contributed by atoms with Gasteiger partial charge in [0.25, 0.3) is 0 Å². The summed E-state index contributed by atoms with van der Waals surface area (Å²) in [5.41, 5.74) is 2.45. The third-order valence-corrected chi connectivity index (χ3v) is 1.59. The maximum atomic E-state index is 4.08. The average Bonchev–Trinajstić information content (AvgIpc) is 2.05. The summed E-state index contributed by atoms with van der Waals surface area (Å²) < 4.78 is 0. The summed E-state index contributed by atoms with van der Waals surface area (Å²) in [7, 11) is 0. The van der Waals surface area contributed by atoms with Crippen LogP contribution in [0.15, 0.2) is 30.5 Å². The van der Waals surface area contributed by atoms with Crippen molar-refractivity contribution in [2.24, 2.45) is 0 Å². The van der Waals surface area contributed by atoms with Crippen LogP contribution < -0.4 is 5.32 Å². The molecule has 0 atom stereocenters. The molecule has 0 aliphatic carbocycles. The van der Waals surface area contributed by atoms with Crippen molar-refractivity contribution in [2.45, 2.75) is 6.54 Å². The molecule has 0 saturated heterocycles. The Kier molecular flexibility index (Phi) is 1.21. The third kappa shape index (κ3) is 0.798. The fourth-order valence-electron chi connectivity index (χ4n) is 1.06. The first-order valence-corrected chi connectivity index (χ1v) is 3.29. The molecule has 1 heteroatoms. The molecule has 0 spiro atoms. The van der Waals surface area contributed by atoms with Crippen molar-refractivity contribution in [3.63, 3.8) is 0 Å². The molecule has 0 bridgehead atoms. The fourth-order valence-corrected chi connectivity index (χ4v) is 1.06. The molecule has 1 aliphatic heterocycles. The van der Waals surface area contributed by atoms with E-state index in [9.17, 15) is 0 Å². The van der Waals surface area contributed by atoms with E-state index in [4.69, 9.17) is 0 Å². The van der Waals surface area contributed by atoms with Crippen LogP contribution in [-0.2, 0) is 6.54 Å². The lowest BCUT2D eigenvalue weighted by Crippen LogP contribution is -2.03. The van der Waals surface area contributed by atoms with E-state index >= 15 is 0 Å². The third-order valence-electron chi connectivity index (χ3n) is 1.59. The quantitative estimate of drug-likeness (QED) is 0.503. The number of fused-ring (bicyclic) bond motifs is 1. The molecule has 1 aliphatic rings. The van der Waals surface area contributed by atoms with E-state index < -0.39 is 0 Å². The Morgan fingerprint density at radius 3 is 3.10 bits per heavy atom. The molecule has 0 saturated carbocycles. The minimum atomic E-state index is 0.809. The van der Waals surface area contributed by atoms with Crippen LogP contribution in [0.25, 0.3) is 0 Å². The van der Waals surface area contributed by atoms with Crippen molar-refractivity contribution in [3.8, 4) is 0 Å². The largest absolute Gasteiger partial charge is 0.288 e. The van der Waals surface area contributed by atoms with Gasteiger partial charge in [-0.2, -0.15) is 0 Å². The van der Waals surface area contributed by atoms with Crippen LogP contribution in [-0.4, -0.2) is 0 Å². The van der Waals surface area contributed by atoms with Gasteiger partial charge in [0.05, 0.1) is 6.54 Å². The fraction of sp³-hybridized carbons (Fsp3) is 0.111. The SMILES string of the molecule is [C]1=C[N]Cc2ccccc21. The van der Waals surface area contributed by atoms with Crippen LogP contribution in [0, 0.1) is 6.08 Å². The molecule has 0 aromatic heterocycles. The monoisotopic (exact) mass is 129 g/mol. The Morgan fingerprint density at radius 1 is 1.30 bits per heavy atom. The maximum Gasteiger partial charge on any atom is 0.0646 e. The van der Waals surface area contributed by atoms with Crippen molar-refractivity contribution >= 4 is 0 Å². The second-order valence-corrected chi connectivity index (χ2v) is 2.27. The van der Waals surface area contributed by atoms with Gasteiger partial charge in [-0.05, 0) is 11.1 Å². The van der Waals surface area contributed by atoms with Gasteiger partial charge >= 0.3 is 0 Å². The summed E-state index contributed by atoms with van der Waals surface area (Å²) in [4.78, 5) is 0. The zero-order valence-electron chi connectivity index (χ0n) is 5.54. The first-order chi connectivity index (χ1) is 4.97. The van der Waals surface area contributed by atoms with Gasteiger partial charge in [0.1, 0.15) is 0 Å². The molecule has 0 unspecified atom stereocenters. The summed E-state index contributed by atoms with van der Waals surface area (Å²) in [6.07, 6.45) is 4.81. The van der Waals surface area contributed by atoms with Gasteiger partial charge in [0, 0.05) is 12.3 Å². The molecule has 2 radical (unpaired) electrons. The Balaban J connectivity index is 2.54. The van der Waals surface area contributed by atoms with Crippen molar-refractivity contribution in [1.29, 1.82) is 0 Å². The summed E-state index contributed by atoms with van der Waals surface area (Å²) in [5, 5.41) is 4.08. The number of rotatable bonds is 0. The molecule has 2 rings (SSSR count). The summed E-state index contributed by atoms with van der Waals surface area (Å²) in [6, 6.07) is 8.19. The highest BCUT2D eigenvalue weighted by molar-refractivity contribution is 5.33. The lowest BCUT2D eigenvalue weighted by molar-refractivity contribution is 0.826. The molecule has 48 valence electrons. The normalized spacial score (nSPS) is 14.0. The summed E-state index contributed by atoms with van der Waals surface area (Å²) >= 11 is 0. The minimum Gasteiger partial charge on any atom is -0.288 e. The Hall–Kier alpha value is -1.24. The van der Waals surface area contributed by atoms with Gasteiger partial charge < -0.3 is 0 Å². The van der Waals surface area contributed by atoms with E-state index in [0.29, 0.717) is 0 Å². The summed E-state index contributed by atoms with van der Waals surface area (Å²) in [6.45, 7) is 0.809. The highest BCUT2D eigenvalue weighted by atomic mass is 14.8. The van der Waals surface area contributed by atoms with E-state index in [2.05, 4.69) is 23.5 Å². The van der Waals surface area contributed by atoms with Crippen molar-refractivity contribution in [3.05, 3.63) is 47.7 Å². The predicted molar refractivity (Wildman–Crippen MR) is 39.2 cm³/mol. The lowest BCUT2D eigenvalue weighted by atomic mass is 10.1. The number of benzene rings is 1. The van der Waals surface area contributed by atoms with Crippen LogP contribution in [0.5, 0.6) is 0 Å². The van der Waals surface area contributed by atoms with Crippen LogP contribution >= 0.6 is 0 Å². The molecule has 1 nitrogen and oxygen atoms in total. The van der Waals surface area contributed by atoms with Crippen LogP contribution in [0.3, 0.4) is 0 Å². The first-order valence-electron chi connectivity index (χ1n) is 3.29. The van der Waals surface area contributed by atoms with Gasteiger partial charge in [-0.1, -0.05) is 24.3 Å². The van der Waals surface area contributed by atoms with Crippen molar-refractivity contribution in [2.75, 3.05) is 0 Å². The molecule has 0 amide bonds. The van der Waals surface area contributed by atoms with Gasteiger partial charge in [-0.15, -0.1) is 0 Å². The smallest absolute Gasteiger partial charge is 0.0646 e. The van der Waals surface area contributed by atoms with Gasteiger partial charge in [-0.25, -0.2) is 0 Å². The second-order valence-electron chi connectivity index (χ2n) is 2.27. The van der Waals surface area contributed by atoms with Crippen molar-refractivity contribution < 1.29 is 0 Å². The van der Waals surface area contributed by atoms with E-state index in [1.807, 2.05) is 12.1 Å². The Labute approximate surface area is 60.4 Å². The molecule has 1 heterocycles. The molecular weight excluding hydrogens is 122 g/mol. The van der Waals surface area contributed by atoms with Gasteiger partial charge in [0.15, 0.2) is 0 Å². The zero-order valence-corrected chi connectivity index (χ0v) is 5.54. The molecule has 0 fully saturated rings. The molecule has 1 aromatic carbocycles. The summed E-state index contributed by atoms with van der Waals surface area (Å²) in [5.74, 6) is 0. The van der Waals surface area contributed by atoms with E-state index in [0.717, 1.165) is 6.54 Å². The molecule has 0 N–H and O–H groups in total. The average molecular weight is 129 g/mol. The second kappa shape index (κ2) is 2.18. The highest BCUT2D eigenvalue weighted by Gasteiger charge is 2.01. The number of nitrogens with zero attached hydrogens (tertiary/aromatic N) is 1. The number of hydrogen-bond donors (Lipinski definition) is 0. The zero-order chi connectivity index (χ0) is 6.81. The molecular formula is C9H7N. The van der Waals surface area contributed by atoms with E-state index in [1.54, 1.807) is 6.20 Å².